The van der Waals surface area contributed by atoms with Crippen molar-refractivity contribution >= 4 is 5.97 Å². The standard InChI is InChI=1S/C9H16O3/c1-3-8-4-5-11-9(6-8)12-7(2)10/h8-9H,3-6H2,1-2H3. The maximum absolute atomic E-state index is 10.6. The topological polar surface area (TPSA) is 35.5 Å². The number of carbonyl (C=O) groups excluding carboxylic acids is 1. The molecule has 1 rings (SSSR count). The molecule has 1 aliphatic rings. The molecule has 3 nitrogen and oxygen atoms in total. The lowest BCUT2D eigenvalue weighted by Crippen LogP contribution is -2.29. The Balaban J connectivity index is 2.30. The molecule has 0 amide bonds. The molecule has 0 N–H and O–H groups in total. The number of carbonyl (C=O) groups is 1. The molecule has 0 radical (unpaired) electrons. The van der Waals surface area contributed by atoms with E-state index in [-0.39, 0.29) is 12.3 Å². The van der Waals surface area contributed by atoms with E-state index >= 15 is 0 Å². The van der Waals surface area contributed by atoms with E-state index in [2.05, 4.69) is 6.92 Å². The molecule has 0 aromatic carbocycles. The number of ether oxygens (including phenoxy) is 2. The quantitative estimate of drug-likeness (QED) is 0.595. The van der Waals surface area contributed by atoms with Crippen LogP contribution in [0, 0.1) is 5.92 Å². The molecule has 1 saturated heterocycles. The van der Waals surface area contributed by atoms with Crippen LogP contribution in [-0.2, 0) is 14.3 Å². The van der Waals surface area contributed by atoms with Gasteiger partial charge in [0.05, 0.1) is 6.61 Å². The average Bonchev–Trinajstić information content (AvgIpc) is 2.03. The lowest BCUT2D eigenvalue weighted by atomic mass is 9.97. The molecule has 12 heavy (non-hydrogen) atoms. The molecule has 70 valence electrons. The SMILES string of the molecule is CCC1CCOC(OC(C)=O)C1. The summed E-state index contributed by atoms with van der Waals surface area (Å²) >= 11 is 0. The van der Waals surface area contributed by atoms with Gasteiger partial charge >= 0.3 is 5.97 Å². The van der Waals surface area contributed by atoms with E-state index in [0.717, 1.165) is 25.9 Å². The highest BCUT2D eigenvalue weighted by Crippen LogP contribution is 2.23. The van der Waals surface area contributed by atoms with Gasteiger partial charge in [0.1, 0.15) is 0 Å². The number of rotatable bonds is 2. The van der Waals surface area contributed by atoms with Gasteiger partial charge in [-0.3, -0.25) is 4.79 Å². The van der Waals surface area contributed by atoms with Crippen LogP contribution < -0.4 is 0 Å². The van der Waals surface area contributed by atoms with Gasteiger partial charge in [-0.2, -0.15) is 0 Å². The van der Waals surface area contributed by atoms with E-state index in [9.17, 15) is 4.79 Å². The molecule has 0 aromatic heterocycles. The summed E-state index contributed by atoms with van der Waals surface area (Å²) in [5.74, 6) is 0.403. The Morgan fingerprint density at radius 3 is 3.00 bits per heavy atom. The van der Waals surface area contributed by atoms with Gasteiger partial charge in [0.2, 0.25) is 6.29 Å². The highest BCUT2D eigenvalue weighted by molar-refractivity contribution is 5.66. The molecule has 0 bridgehead atoms. The Hall–Kier alpha value is -0.570. The Labute approximate surface area is 73.0 Å². The van der Waals surface area contributed by atoms with Crippen molar-refractivity contribution < 1.29 is 14.3 Å². The van der Waals surface area contributed by atoms with E-state index in [1.807, 2.05) is 0 Å². The lowest BCUT2D eigenvalue weighted by Gasteiger charge is -2.27. The molecule has 1 aliphatic heterocycles. The minimum absolute atomic E-state index is 0.253. The van der Waals surface area contributed by atoms with Crippen LogP contribution in [0.1, 0.15) is 33.1 Å². The third kappa shape index (κ3) is 2.81. The summed E-state index contributed by atoms with van der Waals surface area (Å²) in [6.07, 6.45) is 2.80. The minimum atomic E-state index is -0.291. The highest BCUT2D eigenvalue weighted by Gasteiger charge is 2.22. The van der Waals surface area contributed by atoms with E-state index in [0.29, 0.717) is 5.92 Å². The number of esters is 1. The van der Waals surface area contributed by atoms with Gasteiger partial charge in [-0.15, -0.1) is 0 Å². The second-order valence-electron chi connectivity index (χ2n) is 3.21. The highest BCUT2D eigenvalue weighted by atomic mass is 16.7. The van der Waals surface area contributed by atoms with Gasteiger partial charge in [0.15, 0.2) is 0 Å². The first-order valence-corrected chi connectivity index (χ1v) is 4.51. The van der Waals surface area contributed by atoms with Crippen LogP contribution in [0.4, 0.5) is 0 Å². The van der Waals surface area contributed by atoms with Gasteiger partial charge in [0, 0.05) is 13.3 Å². The van der Waals surface area contributed by atoms with Crippen LogP contribution in [0.25, 0.3) is 0 Å². The molecule has 2 atom stereocenters. The van der Waals surface area contributed by atoms with Crippen LogP contribution in [-0.4, -0.2) is 18.9 Å². The van der Waals surface area contributed by atoms with Crippen molar-refractivity contribution in [3.8, 4) is 0 Å². The zero-order chi connectivity index (χ0) is 8.97. The van der Waals surface area contributed by atoms with Crippen molar-refractivity contribution in [2.75, 3.05) is 6.61 Å². The summed E-state index contributed by atoms with van der Waals surface area (Å²) in [6.45, 7) is 4.29. The van der Waals surface area contributed by atoms with Crippen LogP contribution in [0.15, 0.2) is 0 Å². The maximum Gasteiger partial charge on any atom is 0.304 e. The molecule has 0 spiro atoms. The average molecular weight is 172 g/mol. The Morgan fingerprint density at radius 1 is 1.67 bits per heavy atom. The molecular formula is C9H16O3. The molecule has 0 aromatic rings. The summed E-state index contributed by atoms with van der Waals surface area (Å²) in [6, 6.07) is 0. The first-order valence-electron chi connectivity index (χ1n) is 4.51. The Morgan fingerprint density at radius 2 is 2.42 bits per heavy atom. The van der Waals surface area contributed by atoms with Crippen molar-refractivity contribution in [3.05, 3.63) is 0 Å². The second kappa shape index (κ2) is 4.45. The van der Waals surface area contributed by atoms with Crippen LogP contribution in [0.5, 0.6) is 0 Å². The molecule has 0 saturated carbocycles. The fourth-order valence-electron chi connectivity index (χ4n) is 1.46. The summed E-state index contributed by atoms with van der Waals surface area (Å²) in [7, 11) is 0. The number of hydrogen-bond acceptors (Lipinski definition) is 3. The van der Waals surface area contributed by atoms with Crippen molar-refractivity contribution in [3.63, 3.8) is 0 Å². The molecule has 1 fully saturated rings. The van der Waals surface area contributed by atoms with Crippen molar-refractivity contribution in [1.29, 1.82) is 0 Å². The van der Waals surface area contributed by atoms with Crippen molar-refractivity contribution in [2.45, 2.75) is 39.4 Å². The first-order chi connectivity index (χ1) is 5.72. The second-order valence-corrected chi connectivity index (χ2v) is 3.21. The van der Waals surface area contributed by atoms with Crippen LogP contribution in [0.2, 0.25) is 0 Å². The monoisotopic (exact) mass is 172 g/mol. The summed E-state index contributed by atoms with van der Waals surface area (Å²) in [4.78, 5) is 10.6. The third-order valence-electron chi connectivity index (χ3n) is 2.23. The fourth-order valence-corrected chi connectivity index (χ4v) is 1.46. The summed E-state index contributed by atoms with van der Waals surface area (Å²) < 4.78 is 10.2. The fraction of sp³-hybridized carbons (Fsp3) is 0.889. The van der Waals surface area contributed by atoms with Crippen LogP contribution in [0.3, 0.4) is 0 Å². The summed E-state index contributed by atoms with van der Waals surface area (Å²) in [5.41, 5.74) is 0. The Kier molecular flexibility index (Phi) is 3.53. The first kappa shape index (κ1) is 9.52. The van der Waals surface area contributed by atoms with Gasteiger partial charge in [0.25, 0.3) is 0 Å². The molecule has 0 aliphatic carbocycles. The zero-order valence-corrected chi connectivity index (χ0v) is 7.71. The molecular weight excluding hydrogens is 156 g/mol. The van der Waals surface area contributed by atoms with Gasteiger partial charge in [-0.25, -0.2) is 0 Å². The van der Waals surface area contributed by atoms with E-state index < -0.39 is 0 Å². The van der Waals surface area contributed by atoms with Gasteiger partial charge < -0.3 is 9.47 Å². The molecule has 2 unspecified atom stereocenters. The largest absolute Gasteiger partial charge is 0.436 e. The lowest BCUT2D eigenvalue weighted by molar-refractivity contribution is -0.189. The number of hydrogen-bond donors (Lipinski definition) is 0. The smallest absolute Gasteiger partial charge is 0.304 e. The van der Waals surface area contributed by atoms with E-state index in [1.54, 1.807) is 0 Å². The Bertz CT molecular complexity index is 156. The van der Waals surface area contributed by atoms with Crippen molar-refractivity contribution in [1.82, 2.24) is 0 Å². The van der Waals surface area contributed by atoms with E-state index in [1.165, 1.54) is 6.92 Å². The molecule has 3 heteroatoms. The van der Waals surface area contributed by atoms with Gasteiger partial charge in [-0.1, -0.05) is 13.3 Å². The normalized spacial score (nSPS) is 29.8. The molecule has 1 heterocycles. The predicted octanol–water partition coefficient (Wildman–Crippen LogP) is 1.71. The van der Waals surface area contributed by atoms with Crippen LogP contribution >= 0.6 is 0 Å². The zero-order valence-electron chi connectivity index (χ0n) is 7.71. The predicted molar refractivity (Wildman–Crippen MR) is 44.5 cm³/mol. The maximum atomic E-state index is 10.6. The summed E-state index contributed by atoms with van der Waals surface area (Å²) in [5, 5.41) is 0. The van der Waals surface area contributed by atoms with Gasteiger partial charge in [-0.05, 0) is 12.3 Å². The van der Waals surface area contributed by atoms with E-state index in [4.69, 9.17) is 9.47 Å². The third-order valence-corrected chi connectivity index (χ3v) is 2.23. The minimum Gasteiger partial charge on any atom is -0.436 e. The van der Waals surface area contributed by atoms with Crippen molar-refractivity contribution in [2.24, 2.45) is 5.92 Å².